The number of hydrogen-bond donors (Lipinski definition) is 1. The molecule has 2 aromatic carbocycles. The maximum atomic E-state index is 13.7. The molecule has 3 rings (SSSR count). The second-order valence-electron chi connectivity index (χ2n) is 5.14. The van der Waals surface area contributed by atoms with Gasteiger partial charge in [0.05, 0.1) is 12.2 Å². The van der Waals surface area contributed by atoms with E-state index < -0.39 is 0 Å². The van der Waals surface area contributed by atoms with Gasteiger partial charge in [-0.05, 0) is 36.2 Å². The summed E-state index contributed by atoms with van der Waals surface area (Å²) in [5.41, 5.74) is 1.67. The third-order valence-electron chi connectivity index (χ3n) is 3.48. The predicted octanol–water partition coefficient (Wildman–Crippen LogP) is 4.34. The number of thioether (sulfide) groups is 1. The zero-order chi connectivity index (χ0) is 16.8. The molecule has 0 bridgehead atoms. The van der Waals surface area contributed by atoms with Gasteiger partial charge in [-0.1, -0.05) is 43.0 Å². The van der Waals surface area contributed by atoms with Crippen molar-refractivity contribution in [2.45, 2.75) is 18.5 Å². The van der Waals surface area contributed by atoms with E-state index in [-0.39, 0.29) is 5.82 Å². The number of nitrogens with one attached hydrogen (secondary N) is 1. The minimum absolute atomic E-state index is 0.315. The number of rotatable bonds is 7. The fraction of sp³-hybridized carbons (Fsp3) is 0.222. The molecule has 0 saturated carbocycles. The Labute approximate surface area is 144 Å². The Bertz CT molecular complexity index is 806. The molecule has 0 spiro atoms. The summed E-state index contributed by atoms with van der Waals surface area (Å²) in [5.74, 6) is 1.71. The van der Waals surface area contributed by atoms with Crippen molar-refractivity contribution < 1.29 is 9.13 Å². The first-order valence-electron chi connectivity index (χ1n) is 7.78. The van der Waals surface area contributed by atoms with Crippen LogP contribution in [0.5, 0.6) is 5.75 Å². The van der Waals surface area contributed by atoms with Crippen molar-refractivity contribution in [2.24, 2.45) is 0 Å². The van der Waals surface area contributed by atoms with Crippen molar-refractivity contribution in [3.8, 4) is 17.1 Å². The monoisotopic (exact) mass is 343 g/mol. The van der Waals surface area contributed by atoms with E-state index in [1.54, 1.807) is 18.2 Å². The summed E-state index contributed by atoms with van der Waals surface area (Å²) in [6, 6.07) is 14.6. The number of aryl methyl sites for hydroxylation is 1. The van der Waals surface area contributed by atoms with Crippen LogP contribution in [0.4, 0.5) is 4.39 Å². The first kappa shape index (κ1) is 16.5. The average molecular weight is 343 g/mol. The zero-order valence-electron chi connectivity index (χ0n) is 13.3. The quantitative estimate of drug-likeness (QED) is 0.512. The standard InChI is InChI=1S/C18H18FN3OS/c1-2-13-6-5-7-14(12-13)23-10-11-24-18-20-17(21-22-18)15-8-3-4-9-16(15)19/h3-9,12H,2,10-11H2,1H3,(H,20,21,22). The lowest BCUT2D eigenvalue weighted by Crippen LogP contribution is -2.00. The Kier molecular flexibility index (Phi) is 5.48. The molecule has 0 aliphatic rings. The summed E-state index contributed by atoms with van der Waals surface area (Å²) in [6.07, 6.45) is 0.988. The molecule has 24 heavy (non-hydrogen) atoms. The Hall–Kier alpha value is -2.34. The summed E-state index contributed by atoms with van der Waals surface area (Å²) in [6.45, 7) is 2.67. The van der Waals surface area contributed by atoms with Crippen LogP contribution >= 0.6 is 11.8 Å². The molecule has 0 unspecified atom stereocenters. The Morgan fingerprint density at radius 3 is 2.88 bits per heavy atom. The van der Waals surface area contributed by atoms with Crippen molar-refractivity contribution in [2.75, 3.05) is 12.4 Å². The highest BCUT2D eigenvalue weighted by Crippen LogP contribution is 2.21. The summed E-state index contributed by atoms with van der Waals surface area (Å²) in [4.78, 5) is 4.31. The number of nitrogens with zero attached hydrogens (tertiary/aromatic N) is 2. The summed E-state index contributed by atoms with van der Waals surface area (Å²) >= 11 is 1.47. The van der Waals surface area contributed by atoms with Gasteiger partial charge in [0, 0.05) is 5.75 Å². The number of benzene rings is 2. The SMILES string of the molecule is CCc1cccc(OCCSc2n[nH]c(-c3ccccc3F)n2)c1. The van der Waals surface area contributed by atoms with Crippen LogP contribution in [-0.4, -0.2) is 27.5 Å². The fourth-order valence-electron chi connectivity index (χ4n) is 2.23. The smallest absolute Gasteiger partial charge is 0.208 e. The molecule has 3 aromatic rings. The minimum Gasteiger partial charge on any atom is -0.493 e. The molecule has 0 radical (unpaired) electrons. The van der Waals surface area contributed by atoms with Gasteiger partial charge in [0.15, 0.2) is 5.82 Å². The second-order valence-corrected chi connectivity index (χ2v) is 6.21. The van der Waals surface area contributed by atoms with Gasteiger partial charge in [-0.3, -0.25) is 5.10 Å². The molecule has 0 amide bonds. The third kappa shape index (κ3) is 4.14. The highest BCUT2D eigenvalue weighted by Gasteiger charge is 2.10. The lowest BCUT2D eigenvalue weighted by atomic mass is 10.2. The molecule has 6 heteroatoms. The Morgan fingerprint density at radius 1 is 1.17 bits per heavy atom. The first-order chi connectivity index (χ1) is 11.8. The Morgan fingerprint density at radius 2 is 2.04 bits per heavy atom. The third-order valence-corrected chi connectivity index (χ3v) is 4.30. The van der Waals surface area contributed by atoms with Crippen molar-refractivity contribution in [1.82, 2.24) is 15.2 Å². The molecule has 1 aromatic heterocycles. The number of aromatic amines is 1. The largest absolute Gasteiger partial charge is 0.493 e. The van der Waals surface area contributed by atoms with E-state index in [9.17, 15) is 4.39 Å². The van der Waals surface area contributed by atoms with Gasteiger partial charge in [-0.25, -0.2) is 9.37 Å². The average Bonchev–Trinajstić information content (AvgIpc) is 3.08. The van der Waals surface area contributed by atoms with Crippen molar-refractivity contribution in [3.63, 3.8) is 0 Å². The second kappa shape index (κ2) is 7.97. The summed E-state index contributed by atoms with van der Waals surface area (Å²) in [5, 5.41) is 7.47. The lowest BCUT2D eigenvalue weighted by molar-refractivity contribution is 0.343. The van der Waals surface area contributed by atoms with Gasteiger partial charge < -0.3 is 4.74 Å². The van der Waals surface area contributed by atoms with Gasteiger partial charge in [-0.2, -0.15) is 0 Å². The molecule has 0 saturated heterocycles. The van der Waals surface area contributed by atoms with E-state index in [4.69, 9.17) is 4.74 Å². The normalized spacial score (nSPS) is 10.8. The fourth-order valence-corrected chi connectivity index (χ4v) is 2.85. The topological polar surface area (TPSA) is 50.8 Å². The van der Waals surface area contributed by atoms with E-state index in [2.05, 4.69) is 28.2 Å². The van der Waals surface area contributed by atoms with E-state index in [0.29, 0.717) is 28.9 Å². The number of hydrogen-bond acceptors (Lipinski definition) is 4. The minimum atomic E-state index is -0.315. The molecule has 124 valence electrons. The van der Waals surface area contributed by atoms with Crippen LogP contribution in [0.2, 0.25) is 0 Å². The summed E-state index contributed by atoms with van der Waals surface area (Å²) in [7, 11) is 0. The Balaban J connectivity index is 1.52. The van der Waals surface area contributed by atoms with Gasteiger partial charge in [0.2, 0.25) is 5.16 Å². The van der Waals surface area contributed by atoms with Crippen LogP contribution in [0.15, 0.2) is 53.7 Å². The van der Waals surface area contributed by atoms with Gasteiger partial charge in [-0.15, -0.1) is 5.10 Å². The molecule has 1 heterocycles. The van der Waals surface area contributed by atoms with Crippen LogP contribution in [0.3, 0.4) is 0 Å². The van der Waals surface area contributed by atoms with E-state index >= 15 is 0 Å². The summed E-state index contributed by atoms with van der Waals surface area (Å²) < 4.78 is 19.5. The van der Waals surface area contributed by atoms with Crippen LogP contribution in [0, 0.1) is 5.82 Å². The molecule has 0 fully saturated rings. The molecule has 4 nitrogen and oxygen atoms in total. The lowest BCUT2D eigenvalue weighted by Gasteiger charge is -2.06. The van der Waals surface area contributed by atoms with Crippen LogP contribution in [-0.2, 0) is 6.42 Å². The predicted molar refractivity (Wildman–Crippen MR) is 93.8 cm³/mol. The molecule has 0 aliphatic carbocycles. The van der Waals surface area contributed by atoms with Crippen molar-refractivity contribution >= 4 is 11.8 Å². The number of halogens is 1. The first-order valence-corrected chi connectivity index (χ1v) is 8.76. The molecular formula is C18H18FN3OS. The highest BCUT2D eigenvalue weighted by atomic mass is 32.2. The molecule has 0 atom stereocenters. The van der Waals surface area contributed by atoms with Crippen molar-refractivity contribution in [3.05, 3.63) is 59.9 Å². The van der Waals surface area contributed by atoms with Gasteiger partial charge in [0.1, 0.15) is 11.6 Å². The number of ether oxygens (including phenoxy) is 1. The van der Waals surface area contributed by atoms with Gasteiger partial charge >= 0.3 is 0 Å². The molecule has 1 N–H and O–H groups in total. The number of H-pyrrole nitrogens is 1. The number of aromatic nitrogens is 3. The van der Waals surface area contributed by atoms with E-state index in [1.807, 2.05) is 18.2 Å². The zero-order valence-corrected chi connectivity index (χ0v) is 14.1. The van der Waals surface area contributed by atoms with E-state index in [1.165, 1.54) is 23.4 Å². The van der Waals surface area contributed by atoms with E-state index in [0.717, 1.165) is 12.2 Å². The molecular weight excluding hydrogens is 325 g/mol. The van der Waals surface area contributed by atoms with Crippen LogP contribution < -0.4 is 4.74 Å². The van der Waals surface area contributed by atoms with Crippen molar-refractivity contribution in [1.29, 1.82) is 0 Å². The molecule has 0 aliphatic heterocycles. The highest BCUT2D eigenvalue weighted by molar-refractivity contribution is 7.99. The maximum Gasteiger partial charge on any atom is 0.208 e. The maximum absolute atomic E-state index is 13.7. The van der Waals surface area contributed by atoms with Crippen LogP contribution in [0.1, 0.15) is 12.5 Å². The van der Waals surface area contributed by atoms with Crippen LogP contribution in [0.25, 0.3) is 11.4 Å². The van der Waals surface area contributed by atoms with Gasteiger partial charge in [0.25, 0.3) is 0 Å².